The zero-order valence-corrected chi connectivity index (χ0v) is 24.6. The predicted octanol–water partition coefficient (Wildman–Crippen LogP) is 9.37. The molecule has 2 aromatic carbocycles. The average Bonchev–Trinajstić information content (AvgIpc) is 2.87. The van der Waals surface area contributed by atoms with E-state index >= 15 is 0 Å². The molecule has 1 heterocycles. The molecule has 37 heavy (non-hydrogen) atoms. The molecular weight excluding hydrogens is 498 g/mol. The number of fused-ring (bicyclic) bond motifs is 2. The van der Waals surface area contributed by atoms with Gasteiger partial charge < -0.3 is 4.90 Å². The Hall–Kier alpha value is -1.50. The maximum Gasteiger partial charge on any atom is 0.264 e. The standard InChI is InChI=1S/C31H47NO3S2/c1-3-5-7-9-11-13-16-26-18-20-28-30(24-26)36-31-25-27(17-14-12-10-8-6-4-2)19-21-29(31)32(28)22-15-23-37(33,34)35/h18-21,24-25H,3-17,22-23H2,1-2H3,(H,33,34,35). The minimum absolute atomic E-state index is 0.215. The molecule has 3 rings (SSSR count). The summed E-state index contributed by atoms with van der Waals surface area (Å²) in [4.78, 5) is 4.74. The van der Waals surface area contributed by atoms with Crippen molar-refractivity contribution in [1.82, 2.24) is 0 Å². The third kappa shape index (κ3) is 10.3. The van der Waals surface area contributed by atoms with Crippen molar-refractivity contribution in [2.45, 2.75) is 120 Å². The van der Waals surface area contributed by atoms with Gasteiger partial charge in [-0.1, -0.05) is 102 Å². The van der Waals surface area contributed by atoms with Crippen molar-refractivity contribution in [2.75, 3.05) is 17.2 Å². The largest absolute Gasteiger partial charge is 0.340 e. The summed E-state index contributed by atoms with van der Waals surface area (Å²) in [7, 11) is -3.96. The fourth-order valence-corrected chi connectivity index (χ4v) is 6.87. The maximum absolute atomic E-state index is 11.4. The van der Waals surface area contributed by atoms with Crippen molar-refractivity contribution in [3.63, 3.8) is 0 Å². The molecule has 206 valence electrons. The summed E-state index contributed by atoms with van der Waals surface area (Å²) >= 11 is 1.84. The van der Waals surface area contributed by atoms with Crippen LogP contribution in [0.25, 0.3) is 0 Å². The monoisotopic (exact) mass is 545 g/mol. The first-order valence-corrected chi connectivity index (χ1v) is 17.0. The Morgan fingerprint density at radius 1 is 0.676 bits per heavy atom. The van der Waals surface area contributed by atoms with Gasteiger partial charge in [0.1, 0.15) is 0 Å². The molecular formula is C31H47NO3S2. The Morgan fingerprint density at radius 3 is 1.59 bits per heavy atom. The van der Waals surface area contributed by atoms with Crippen LogP contribution >= 0.6 is 11.8 Å². The topological polar surface area (TPSA) is 57.6 Å². The molecule has 0 aromatic heterocycles. The molecule has 4 nitrogen and oxygen atoms in total. The van der Waals surface area contributed by atoms with Gasteiger partial charge in [-0.2, -0.15) is 8.42 Å². The van der Waals surface area contributed by atoms with Crippen LogP contribution in [0.15, 0.2) is 46.2 Å². The van der Waals surface area contributed by atoms with Crippen molar-refractivity contribution >= 4 is 33.3 Å². The molecule has 2 aromatic rings. The van der Waals surface area contributed by atoms with Gasteiger partial charge in [0, 0.05) is 16.3 Å². The molecule has 0 saturated carbocycles. The molecule has 0 aliphatic carbocycles. The first-order valence-electron chi connectivity index (χ1n) is 14.6. The molecule has 0 atom stereocenters. The first-order chi connectivity index (χ1) is 17.9. The number of anilines is 2. The summed E-state index contributed by atoms with van der Waals surface area (Å²) in [5.41, 5.74) is 5.05. The van der Waals surface area contributed by atoms with E-state index < -0.39 is 10.1 Å². The van der Waals surface area contributed by atoms with Gasteiger partial charge in [-0.15, -0.1) is 0 Å². The molecule has 1 aliphatic heterocycles. The van der Waals surface area contributed by atoms with Crippen molar-refractivity contribution in [3.05, 3.63) is 47.5 Å². The highest BCUT2D eigenvalue weighted by molar-refractivity contribution is 7.99. The zero-order chi connectivity index (χ0) is 26.5. The van der Waals surface area contributed by atoms with E-state index in [0.29, 0.717) is 13.0 Å². The first kappa shape index (κ1) is 30.0. The van der Waals surface area contributed by atoms with Gasteiger partial charge >= 0.3 is 0 Å². The van der Waals surface area contributed by atoms with Gasteiger partial charge in [-0.05, 0) is 67.5 Å². The summed E-state index contributed by atoms with van der Waals surface area (Å²) in [6.07, 6.45) is 18.2. The van der Waals surface area contributed by atoms with Crippen molar-refractivity contribution in [2.24, 2.45) is 0 Å². The van der Waals surface area contributed by atoms with Crippen LogP contribution in [0.2, 0.25) is 0 Å². The Morgan fingerprint density at radius 2 is 1.14 bits per heavy atom. The number of benzene rings is 2. The Kier molecular flexibility index (Phi) is 12.8. The third-order valence-electron chi connectivity index (χ3n) is 7.27. The SMILES string of the molecule is CCCCCCCCc1ccc2c(c1)Sc1cc(CCCCCCCC)ccc1N2CCCS(=O)(=O)O. The number of aryl methyl sites for hydroxylation is 2. The summed E-state index contributed by atoms with van der Waals surface area (Å²) in [5.74, 6) is -0.215. The lowest BCUT2D eigenvalue weighted by Crippen LogP contribution is -2.24. The molecule has 6 heteroatoms. The highest BCUT2D eigenvalue weighted by atomic mass is 32.2. The van der Waals surface area contributed by atoms with Gasteiger partial charge in [0.05, 0.1) is 17.1 Å². The van der Waals surface area contributed by atoms with Crippen LogP contribution in [-0.4, -0.2) is 25.3 Å². The molecule has 0 bridgehead atoms. The summed E-state index contributed by atoms with van der Waals surface area (Å²) in [5, 5.41) is 0. The van der Waals surface area contributed by atoms with E-state index in [0.717, 1.165) is 24.2 Å². The van der Waals surface area contributed by atoms with Crippen LogP contribution in [0.5, 0.6) is 0 Å². The molecule has 0 saturated heterocycles. The van der Waals surface area contributed by atoms with Crippen LogP contribution < -0.4 is 4.90 Å². The van der Waals surface area contributed by atoms with Crippen LogP contribution in [0.3, 0.4) is 0 Å². The Bertz CT molecular complexity index is 1000. The second-order valence-corrected chi connectivity index (χ2v) is 13.2. The van der Waals surface area contributed by atoms with Gasteiger partial charge in [0.2, 0.25) is 0 Å². The summed E-state index contributed by atoms with van der Waals surface area (Å²) in [6.45, 7) is 5.08. The van der Waals surface area contributed by atoms with E-state index in [2.05, 4.69) is 55.1 Å². The van der Waals surface area contributed by atoms with Gasteiger partial charge in [0.25, 0.3) is 10.1 Å². The van der Waals surface area contributed by atoms with Crippen molar-refractivity contribution in [3.8, 4) is 0 Å². The summed E-state index contributed by atoms with van der Waals surface area (Å²) < 4.78 is 32.0. The lowest BCUT2D eigenvalue weighted by atomic mass is 10.0. The van der Waals surface area contributed by atoms with E-state index in [1.165, 1.54) is 98.0 Å². The van der Waals surface area contributed by atoms with E-state index in [-0.39, 0.29) is 5.75 Å². The summed E-state index contributed by atoms with van der Waals surface area (Å²) in [6, 6.07) is 13.6. The van der Waals surface area contributed by atoms with E-state index in [1.54, 1.807) is 0 Å². The van der Waals surface area contributed by atoms with Crippen molar-refractivity contribution in [1.29, 1.82) is 0 Å². The van der Waals surface area contributed by atoms with Crippen LogP contribution in [-0.2, 0) is 23.0 Å². The maximum atomic E-state index is 11.4. The average molecular weight is 546 g/mol. The fraction of sp³-hybridized carbons (Fsp3) is 0.613. The van der Waals surface area contributed by atoms with Gasteiger partial charge in [-0.3, -0.25) is 4.55 Å². The fourth-order valence-electron chi connectivity index (χ4n) is 5.15. The van der Waals surface area contributed by atoms with E-state index in [1.807, 2.05) is 11.8 Å². The number of unbranched alkanes of at least 4 members (excludes halogenated alkanes) is 10. The minimum Gasteiger partial charge on any atom is -0.340 e. The zero-order valence-electron chi connectivity index (χ0n) is 23.0. The van der Waals surface area contributed by atoms with Crippen LogP contribution in [0.4, 0.5) is 11.4 Å². The highest BCUT2D eigenvalue weighted by Gasteiger charge is 2.24. The molecule has 0 amide bonds. The predicted molar refractivity (Wildman–Crippen MR) is 159 cm³/mol. The van der Waals surface area contributed by atoms with Gasteiger partial charge in [0.15, 0.2) is 0 Å². The Balaban J connectivity index is 1.70. The van der Waals surface area contributed by atoms with Crippen LogP contribution in [0.1, 0.15) is 108 Å². The lowest BCUT2D eigenvalue weighted by molar-refractivity contribution is 0.481. The van der Waals surface area contributed by atoms with Crippen molar-refractivity contribution < 1.29 is 13.0 Å². The lowest BCUT2D eigenvalue weighted by Gasteiger charge is -2.33. The number of hydrogen-bond donors (Lipinski definition) is 1. The molecule has 0 unspecified atom stereocenters. The molecule has 1 N–H and O–H groups in total. The smallest absolute Gasteiger partial charge is 0.264 e. The van der Waals surface area contributed by atoms with Crippen LogP contribution in [0, 0.1) is 0 Å². The minimum atomic E-state index is -3.96. The van der Waals surface area contributed by atoms with Gasteiger partial charge in [-0.25, -0.2) is 0 Å². The highest BCUT2D eigenvalue weighted by Crippen LogP contribution is 2.49. The number of rotatable bonds is 18. The third-order valence-corrected chi connectivity index (χ3v) is 9.17. The quantitative estimate of drug-likeness (QED) is 0.149. The van der Waals surface area contributed by atoms with E-state index in [4.69, 9.17) is 0 Å². The molecule has 1 aliphatic rings. The Labute approximate surface area is 230 Å². The second-order valence-electron chi connectivity index (χ2n) is 10.5. The number of hydrogen-bond acceptors (Lipinski definition) is 4. The molecule has 0 spiro atoms. The molecule has 0 radical (unpaired) electrons. The second kappa shape index (κ2) is 15.8. The molecule has 0 fully saturated rings. The normalized spacial score (nSPS) is 13.0. The number of nitrogens with zero attached hydrogens (tertiary/aromatic N) is 1. The van der Waals surface area contributed by atoms with E-state index in [9.17, 15) is 13.0 Å².